The Labute approximate surface area is 119 Å². The molecule has 1 aromatic rings. The third-order valence-corrected chi connectivity index (χ3v) is 5.24. The lowest BCUT2D eigenvalue weighted by atomic mass is 9.85. The topological polar surface area (TPSA) is 66.4 Å². The van der Waals surface area contributed by atoms with E-state index in [1.54, 1.807) is 0 Å². The van der Waals surface area contributed by atoms with Crippen molar-refractivity contribution in [3.05, 3.63) is 30.1 Å². The minimum atomic E-state index is -3.69. The lowest BCUT2D eigenvalue weighted by Gasteiger charge is -2.26. The molecular weight excluding hydrogens is 281 g/mol. The normalized spacial score (nSPS) is 18.9. The second kappa shape index (κ2) is 6.65. The molecule has 6 heteroatoms. The van der Waals surface area contributed by atoms with Gasteiger partial charge < -0.3 is 5.11 Å². The molecule has 20 heavy (non-hydrogen) atoms. The van der Waals surface area contributed by atoms with E-state index >= 15 is 0 Å². The average molecular weight is 301 g/mol. The van der Waals surface area contributed by atoms with Gasteiger partial charge in [0.25, 0.3) is 0 Å². The van der Waals surface area contributed by atoms with Gasteiger partial charge in [0.15, 0.2) is 0 Å². The van der Waals surface area contributed by atoms with Gasteiger partial charge in [0.2, 0.25) is 10.0 Å². The van der Waals surface area contributed by atoms with Crippen LogP contribution in [-0.4, -0.2) is 26.2 Å². The van der Waals surface area contributed by atoms with Crippen LogP contribution in [0.4, 0.5) is 4.39 Å². The molecule has 0 radical (unpaired) electrons. The third kappa shape index (κ3) is 4.01. The molecule has 1 fully saturated rings. The molecule has 1 aliphatic rings. The van der Waals surface area contributed by atoms with Gasteiger partial charge in [-0.1, -0.05) is 19.3 Å². The quantitative estimate of drug-likeness (QED) is 0.874. The molecule has 0 unspecified atom stereocenters. The van der Waals surface area contributed by atoms with Gasteiger partial charge in [-0.3, -0.25) is 0 Å². The summed E-state index contributed by atoms with van der Waals surface area (Å²) in [6.45, 7) is 0.00434. The van der Waals surface area contributed by atoms with Gasteiger partial charge in [-0.25, -0.2) is 17.5 Å². The summed E-state index contributed by atoms with van der Waals surface area (Å²) in [7, 11) is -3.69. The summed E-state index contributed by atoms with van der Waals surface area (Å²) in [5, 5.41) is 10.0. The number of benzene rings is 1. The summed E-state index contributed by atoms with van der Waals surface area (Å²) < 4.78 is 39.1. The highest BCUT2D eigenvalue weighted by Crippen LogP contribution is 2.26. The maximum atomic E-state index is 12.8. The van der Waals surface area contributed by atoms with E-state index in [0.717, 1.165) is 37.8 Å². The monoisotopic (exact) mass is 301 g/mol. The van der Waals surface area contributed by atoms with Crippen LogP contribution < -0.4 is 4.72 Å². The van der Waals surface area contributed by atoms with Crippen LogP contribution >= 0.6 is 0 Å². The molecule has 2 N–H and O–H groups in total. The second-order valence-electron chi connectivity index (χ2n) is 5.27. The number of rotatable bonds is 5. The number of halogens is 1. The summed E-state index contributed by atoms with van der Waals surface area (Å²) in [6.07, 6.45) is 4.59. The molecule has 4 nitrogen and oxygen atoms in total. The minimum Gasteiger partial charge on any atom is -0.391 e. The Morgan fingerprint density at radius 3 is 2.40 bits per heavy atom. The molecule has 0 aromatic heterocycles. The number of aliphatic hydroxyl groups excluding tert-OH is 1. The zero-order valence-corrected chi connectivity index (χ0v) is 12.1. The maximum absolute atomic E-state index is 12.8. The first-order chi connectivity index (χ1) is 9.49. The fourth-order valence-electron chi connectivity index (χ4n) is 2.58. The number of nitrogens with one attached hydrogen (secondary N) is 1. The Balaban J connectivity index is 1.93. The molecule has 1 saturated carbocycles. The molecule has 0 bridgehead atoms. The van der Waals surface area contributed by atoms with Gasteiger partial charge in [-0.2, -0.15) is 0 Å². The molecule has 1 aromatic carbocycles. The molecule has 1 atom stereocenters. The molecule has 2 rings (SSSR count). The van der Waals surface area contributed by atoms with E-state index in [1.807, 2.05) is 0 Å². The summed E-state index contributed by atoms with van der Waals surface area (Å²) in [5.74, 6) is -0.314. The van der Waals surface area contributed by atoms with E-state index in [1.165, 1.54) is 18.6 Å². The third-order valence-electron chi connectivity index (χ3n) is 3.80. The van der Waals surface area contributed by atoms with Crippen molar-refractivity contribution in [3.8, 4) is 0 Å². The van der Waals surface area contributed by atoms with Crippen LogP contribution in [0.15, 0.2) is 29.2 Å². The Bertz CT molecular complexity index is 524. The van der Waals surface area contributed by atoms with E-state index in [4.69, 9.17) is 0 Å². The highest BCUT2D eigenvalue weighted by atomic mass is 32.2. The number of hydrogen-bond acceptors (Lipinski definition) is 3. The number of hydrogen-bond donors (Lipinski definition) is 2. The van der Waals surface area contributed by atoms with Crippen molar-refractivity contribution in [2.24, 2.45) is 5.92 Å². The first-order valence-electron chi connectivity index (χ1n) is 6.92. The van der Waals surface area contributed by atoms with Gasteiger partial charge in [-0.05, 0) is 43.0 Å². The SMILES string of the molecule is O=S(=O)(NC[C@@H](O)C1CCCCC1)c1ccc(F)cc1. The van der Waals surface area contributed by atoms with E-state index in [9.17, 15) is 17.9 Å². The zero-order chi connectivity index (χ0) is 14.6. The highest BCUT2D eigenvalue weighted by molar-refractivity contribution is 7.89. The molecule has 0 amide bonds. The van der Waals surface area contributed by atoms with Crippen LogP contribution in [0.2, 0.25) is 0 Å². The lowest BCUT2D eigenvalue weighted by molar-refractivity contribution is 0.0888. The highest BCUT2D eigenvalue weighted by Gasteiger charge is 2.23. The Morgan fingerprint density at radius 1 is 1.20 bits per heavy atom. The van der Waals surface area contributed by atoms with Crippen LogP contribution in [-0.2, 0) is 10.0 Å². The van der Waals surface area contributed by atoms with E-state index in [2.05, 4.69) is 4.72 Å². The standard InChI is InChI=1S/C14H20FNO3S/c15-12-6-8-13(9-7-12)20(18,19)16-10-14(17)11-4-2-1-3-5-11/h6-9,11,14,16-17H,1-5,10H2/t14-/m1/s1. The fourth-order valence-corrected chi connectivity index (χ4v) is 3.63. The molecule has 0 saturated heterocycles. The molecule has 0 spiro atoms. The number of aliphatic hydroxyl groups is 1. The van der Waals surface area contributed by atoms with Crippen molar-refractivity contribution in [2.45, 2.75) is 43.1 Å². The fraction of sp³-hybridized carbons (Fsp3) is 0.571. The molecular formula is C14H20FNO3S. The summed E-state index contributed by atoms with van der Waals surface area (Å²) >= 11 is 0. The molecule has 112 valence electrons. The van der Waals surface area contributed by atoms with Crippen molar-refractivity contribution < 1.29 is 17.9 Å². The summed E-state index contributed by atoms with van der Waals surface area (Å²) in [5.41, 5.74) is 0. The van der Waals surface area contributed by atoms with Crippen molar-refractivity contribution in [1.29, 1.82) is 0 Å². The maximum Gasteiger partial charge on any atom is 0.240 e. The smallest absolute Gasteiger partial charge is 0.240 e. The zero-order valence-electron chi connectivity index (χ0n) is 11.3. The van der Waals surface area contributed by atoms with Gasteiger partial charge in [-0.15, -0.1) is 0 Å². The van der Waals surface area contributed by atoms with E-state index < -0.39 is 21.9 Å². The molecule has 0 heterocycles. The first-order valence-corrected chi connectivity index (χ1v) is 8.40. The van der Waals surface area contributed by atoms with Crippen LogP contribution in [0.5, 0.6) is 0 Å². The van der Waals surface area contributed by atoms with E-state index in [-0.39, 0.29) is 17.4 Å². The predicted molar refractivity (Wildman–Crippen MR) is 74.2 cm³/mol. The lowest BCUT2D eigenvalue weighted by Crippen LogP contribution is -2.37. The Morgan fingerprint density at radius 2 is 1.80 bits per heavy atom. The Hall–Kier alpha value is -0.980. The van der Waals surface area contributed by atoms with Gasteiger partial charge >= 0.3 is 0 Å². The summed E-state index contributed by atoms with van der Waals surface area (Å²) in [4.78, 5) is 0.00902. The van der Waals surface area contributed by atoms with Crippen LogP contribution in [0, 0.1) is 11.7 Å². The van der Waals surface area contributed by atoms with Crippen molar-refractivity contribution in [2.75, 3.05) is 6.54 Å². The van der Waals surface area contributed by atoms with Gasteiger partial charge in [0, 0.05) is 6.54 Å². The average Bonchev–Trinajstić information content (AvgIpc) is 2.46. The number of sulfonamides is 1. The first kappa shape index (κ1) is 15.4. The van der Waals surface area contributed by atoms with E-state index in [0.29, 0.717) is 0 Å². The molecule has 1 aliphatic carbocycles. The van der Waals surface area contributed by atoms with Crippen molar-refractivity contribution >= 4 is 10.0 Å². The summed E-state index contributed by atoms with van der Waals surface area (Å²) in [6, 6.07) is 4.63. The van der Waals surface area contributed by atoms with Crippen LogP contribution in [0.25, 0.3) is 0 Å². The minimum absolute atomic E-state index is 0.00434. The molecule has 0 aliphatic heterocycles. The second-order valence-corrected chi connectivity index (χ2v) is 7.04. The predicted octanol–water partition coefficient (Wildman–Crippen LogP) is 2.05. The van der Waals surface area contributed by atoms with Gasteiger partial charge in [0.1, 0.15) is 5.82 Å². The van der Waals surface area contributed by atoms with Crippen molar-refractivity contribution in [3.63, 3.8) is 0 Å². The van der Waals surface area contributed by atoms with Gasteiger partial charge in [0.05, 0.1) is 11.0 Å². The van der Waals surface area contributed by atoms with Crippen LogP contribution in [0.1, 0.15) is 32.1 Å². The van der Waals surface area contributed by atoms with Crippen LogP contribution in [0.3, 0.4) is 0 Å². The van der Waals surface area contributed by atoms with Crippen molar-refractivity contribution in [1.82, 2.24) is 4.72 Å². The largest absolute Gasteiger partial charge is 0.391 e. The Kier molecular flexibility index (Phi) is 5.12.